The van der Waals surface area contributed by atoms with Crippen molar-refractivity contribution in [1.82, 2.24) is 20.1 Å². The Kier molecular flexibility index (Phi) is 6.79. The fraction of sp³-hybridized carbons (Fsp3) is 0.174. The first-order valence-corrected chi connectivity index (χ1v) is 11.7. The number of halogens is 1. The van der Waals surface area contributed by atoms with Crippen molar-refractivity contribution in [3.63, 3.8) is 0 Å². The number of rotatable bonds is 8. The molecule has 2 heterocycles. The lowest BCUT2D eigenvalue weighted by Gasteiger charge is -2.14. The van der Waals surface area contributed by atoms with E-state index in [0.717, 1.165) is 17.1 Å². The molecule has 4 aromatic rings. The molecule has 0 spiro atoms. The molecule has 1 unspecified atom stereocenters. The maximum Gasteiger partial charge on any atom is 0.230 e. The minimum absolute atomic E-state index is 0.121. The van der Waals surface area contributed by atoms with E-state index in [-0.39, 0.29) is 23.5 Å². The minimum atomic E-state index is -0.295. The van der Waals surface area contributed by atoms with Gasteiger partial charge in [-0.05, 0) is 48.2 Å². The zero-order chi connectivity index (χ0) is 21.6. The first-order chi connectivity index (χ1) is 15.1. The number of nitrogens with one attached hydrogen (secondary N) is 1. The molecule has 5 nitrogen and oxygen atoms in total. The third kappa shape index (κ3) is 5.39. The van der Waals surface area contributed by atoms with Gasteiger partial charge in [0.1, 0.15) is 11.6 Å². The summed E-state index contributed by atoms with van der Waals surface area (Å²) < 4.78 is 15.1. The smallest absolute Gasteiger partial charge is 0.230 e. The Morgan fingerprint density at radius 1 is 1.10 bits per heavy atom. The SMILES string of the molecule is CC(NC(=O)CSc1nnc(Cc2cccs2)n1-c1ccccc1)c1ccc(F)cc1. The standard InChI is InChI=1S/C23H21FN4OS2/c1-16(17-9-11-18(24)12-10-17)25-22(29)15-31-23-27-26-21(14-20-8-5-13-30-20)28(23)19-6-3-2-4-7-19/h2-13,16H,14-15H2,1H3,(H,25,29). The fourth-order valence-electron chi connectivity index (χ4n) is 3.16. The largest absolute Gasteiger partial charge is 0.349 e. The van der Waals surface area contributed by atoms with E-state index in [2.05, 4.69) is 21.6 Å². The lowest BCUT2D eigenvalue weighted by molar-refractivity contribution is -0.119. The number of amides is 1. The number of carbonyl (C=O) groups is 1. The first kappa shape index (κ1) is 21.3. The number of aromatic nitrogens is 3. The molecule has 31 heavy (non-hydrogen) atoms. The number of hydrogen-bond acceptors (Lipinski definition) is 5. The summed E-state index contributed by atoms with van der Waals surface area (Å²) >= 11 is 3.02. The first-order valence-electron chi connectivity index (χ1n) is 9.80. The van der Waals surface area contributed by atoms with Crippen LogP contribution in [0.4, 0.5) is 4.39 Å². The zero-order valence-corrected chi connectivity index (χ0v) is 18.5. The molecule has 8 heteroatoms. The Morgan fingerprint density at radius 2 is 1.87 bits per heavy atom. The Bertz CT molecular complexity index is 1130. The summed E-state index contributed by atoms with van der Waals surface area (Å²) in [5.41, 5.74) is 1.81. The second-order valence-corrected chi connectivity index (χ2v) is 8.93. The average molecular weight is 453 g/mol. The maximum atomic E-state index is 13.1. The summed E-state index contributed by atoms with van der Waals surface area (Å²) in [5.74, 6) is 0.618. The highest BCUT2D eigenvalue weighted by atomic mass is 32.2. The normalized spacial score (nSPS) is 11.9. The Hall–Kier alpha value is -2.97. The third-order valence-corrected chi connectivity index (χ3v) is 6.51. The van der Waals surface area contributed by atoms with Gasteiger partial charge in [0.2, 0.25) is 5.91 Å². The van der Waals surface area contributed by atoms with Crippen LogP contribution < -0.4 is 5.32 Å². The molecule has 0 aliphatic heterocycles. The van der Waals surface area contributed by atoms with Crippen LogP contribution in [0.3, 0.4) is 0 Å². The van der Waals surface area contributed by atoms with Gasteiger partial charge in [0.25, 0.3) is 0 Å². The van der Waals surface area contributed by atoms with Gasteiger partial charge in [-0.1, -0.05) is 48.2 Å². The molecule has 1 atom stereocenters. The van der Waals surface area contributed by atoms with Gasteiger partial charge in [-0.3, -0.25) is 9.36 Å². The molecular weight excluding hydrogens is 431 g/mol. The number of thioether (sulfide) groups is 1. The number of nitrogens with zero attached hydrogens (tertiary/aromatic N) is 3. The molecule has 0 radical (unpaired) electrons. The number of hydrogen-bond donors (Lipinski definition) is 1. The van der Waals surface area contributed by atoms with Crippen molar-refractivity contribution < 1.29 is 9.18 Å². The van der Waals surface area contributed by atoms with E-state index >= 15 is 0 Å². The van der Waals surface area contributed by atoms with Gasteiger partial charge >= 0.3 is 0 Å². The van der Waals surface area contributed by atoms with Crippen LogP contribution in [-0.2, 0) is 11.2 Å². The fourth-order valence-corrected chi connectivity index (χ4v) is 4.65. The predicted octanol–water partition coefficient (Wildman–Crippen LogP) is 5.03. The topological polar surface area (TPSA) is 59.8 Å². The van der Waals surface area contributed by atoms with E-state index in [1.807, 2.05) is 53.3 Å². The molecule has 1 amide bonds. The Balaban J connectivity index is 1.47. The predicted molar refractivity (Wildman–Crippen MR) is 122 cm³/mol. The highest BCUT2D eigenvalue weighted by Gasteiger charge is 2.17. The van der Waals surface area contributed by atoms with Crippen molar-refractivity contribution in [2.45, 2.75) is 24.5 Å². The van der Waals surface area contributed by atoms with Crippen LogP contribution in [0.1, 0.15) is 29.2 Å². The van der Waals surface area contributed by atoms with Gasteiger partial charge in [0, 0.05) is 17.0 Å². The summed E-state index contributed by atoms with van der Waals surface area (Å²) in [4.78, 5) is 13.7. The van der Waals surface area contributed by atoms with E-state index in [1.165, 1.54) is 28.8 Å². The van der Waals surface area contributed by atoms with Crippen LogP contribution in [0, 0.1) is 5.82 Å². The van der Waals surface area contributed by atoms with Crippen LogP contribution in [0.5, 0.6) is 0 Å². The number of carbonyl (C=O) groups excluding carboxylic acids is 1. The monoisotopic (exact) mass is 452 g/mol. The van der Waals surface area contributed by atoms with Crippen molar-refractivity contribution in [2.24, 2.45) is 0 Å². The van der Waals surface area contributed by atoms with Crippen molar-refractivity contribution >= 4 is 29.0 Å². The molecule has 0 saturated carbocycles. The molecule has 2 aromatic carbocycles. The van der Waals surface area contributed by atoms with Gasteiger partial charge in [-0.15, -0.1) is 21.5 Å². The average Bonchev–Trinajstić information content (AvgIpc) is 3.43. The summed E-state index contributed by atoms with van der Waals surface area (Å²) in [6, 6.07) is 19.9. The van der Waals surface area contributed by atoms with Gasteiger partial charge in [0.05, 0.1) is 11.8 Å². The summed E-state index contributed by atoms with van der Waals surface area (Å²) in [7, 11) is 0. The van der Waals surface area contributed by atoms with Crippen LogP contribution >= 0.6 is 23.1 Å². The number of thiophene rings is 1. The van der Waals surface area contributed by atoms with Gasteiger partial charge in [0.15, 0.2) is 5.16 Å². The second kappa shape index (κ2) is 9.89. The molecular formula is C23H21FN4OS2. The number of para-hydroxylation sites is 1. The van der Waals surface area contributed by atoms with Crippen molar-refractivity contribution in [1.29, 1.82) is 0 Å². The second-order valence-electron chi connectivity index (χ2n) is 6.96. The van der Waals surface area contributed by atoms with Crippen molar-refractivity contribution in [2.75, 3.05) is 5.75 Å². The third-order valence-electron chi connectivity index (χ3n) is 4.71. The molecule has 158 valence electrons. The summed E-state index contributed by atoms with van der Waals surface area (Å²) in [6.45, 7) is 1.88. The van der Waals surface area contributed by atoms with E-state index in [1.54, 1.807) is 23.5 Å². The minimum Gasteiger partial charge on any atom is -0.349 e. The maximum absolute atomic E-state index is 13.1. The van der Waals surface area contributed by atoms with Gasteiger partial charge in [-0.25, -0.2) is 4.39 Å². The number of benzene rings is 2. The van der Waals surface area contributed by atoms with Crippen molar-refractivity contribution in [3.05, 3.63) is 94.2 Å². The highest BCUT2D eigenvalue weighted by molar-refractivity contribution is 7.99. The summed E-state index contributed by atoms with van der Waals surface area (Å²) in [6.07, 6.45) is 0.675. The van der Waals surface area contributed by atoms with Gasteiger partial charge in [-0.2, -0.15) is 0 Å². The Morgan fingerprint density at radius 3 is 2.58 bits per heavy atom. The zero-order valence-electron chi connectivity index (χ0n) is 16.9. The molecule has 0 fully saturated rings. The molecule has 0 aliphatic carbocycles. The quantitative estimate of drug-likeness (QED) is 0.381. The van der Waals surface area contributed by atoms with E-state index in [0.29, 0.717) is 11.6 Å². The van der Waals surface area contributed by atoms with Crippen LogP contribution in [0.2, 0.25) is 0 Å². The Labute approximate surface area is 188 Å². The molecule has 0 bridgehead atoms. The van der Waals surface area contributed by atoms with E-state index in [9.17, 15) is 9.18 Å². The van der Waals surface area contributed by atoms with Crippen LogP contribution in [0.25, 0.3) is 5.69 Å². The van der Waals surface area contributed by atoms with Crippen molar-refractivity contribution in [3.8, 4) is 5.69 Å². The molecule has 0 aliphatic rings. The lowest BCUT2D eigenvalue weighted by atomic mass is 10.1. The van der Waals surface area contributed by atoms with E-state index in [4.69, 9.17) is 0 Å². The molecule has 0 saturated heterocycles. The van der Waals surface area contributed by atoms with Gasteiger partial charge < -0.3 is 5.32 Å². The lowest BCUT2D eigenvalue weighted by Crippen LogP contribution is -2.28. The highest BCUT2D eigenvalue weighted by Crippen LogP contribution is 2.24. The van der Waals surface area contributed by atoms with Crippen LogP contribution in [-0.4, -0.2) is 26.4 Å². The summed E-state index contributed by atoms with van der Waals surface area (Å²) in [5, 5.41) is 14.4. The van der Waals surface area contributed by atoms with E-state index < -0.39 is 0 Å². The molecule has 4 rings (SSSR count). The molecule has 2 aromatic heterocycles. The molecule has 1 N–H and O–H groups in total. The van der Waals surface area contributed by atoms with Crippen LogP contribution in [0.15, 0.2) is 77.3 Å².